The van der Waals surface area contributed by atoms with Crippen LogP contribution in [0.2, 0.25) is 10.0 Å². The van der Waals surface area contributed by atoms with Gasteiger partial charge in [-0.15, -0.1) is 0 Å². The van der Waals surface area contributed by atoms with Gasteiger partial charge in [-0.05, 0) is 49.7 Å². The largest absolute Gasteiger partial charge is 0.366 e. The molecule has 1 aliphatic rings. The van der Waals surface area contributed by atoms with Crippen molar-refractivity contribution < 1.29 is 4.79 Å². The Hall–Kier alpha value is -2.50. The number of imidazole rings is 1. The van der Waals surface area contributed by atoms with Crippen LogP contribution in [0.25, 0.3) is 11.0 Å². The number of anilines is 1. The summed E-state index contributed by atoms with van der Waals surface area (Å²) in [4.78, 5) is 22.6. The number of fused-ring (bicyclic) bond motifs is 1. The number of H-pyrrole nitrogens is 1. The van der Waals surface area contributed by atoms with Crippen LogP contribution in [-0.4, -0.2) is 29.0 Å². The van der Waals surface area contributed by atoms with Gasteiger partial charge in [-0.25, -0.2) is 4.98 Å². The van der Waals surface area contributed by atoms with E-state index in [9.17, 15) is 4.79 Å². The van der Waals surface area contributed by atoms with Gasteiger partial charge in [-0.1, -0.05) is 35.4 Å². The van der Waals surface area contributed by atoms with Crippen molar-refractivity contribution in [1.29, 1.82) is 0 Å². The molecule has 0 radical (unpaired) electrons. The van der Waals surface area contributed by atoms with E-state index in [2.05, 4.69) is 32.3 Å². The topological polar surface area (TPSA) is 61.0 Å². The van der Waals surface area contributed by atoms with Gasteiger partial charge >= 0.3 is 0 Å². The van der Waals surface area contributed by atoms with Gasteiger partial charge in [0, 0.05) is 23.7 Å². The first-order valence-corrected chi connectivity index (χ1v) is 9.92. The van der Waals surface area contributed by atoms with E-state index >= 15 is 0 Å². The van der Waals surface area contributed by atoms with Gasteiger partial charge in [0.2, 0.25) is 0 Å². The standard InChI is InChI=1S/C21H20Cl2N4O/c1-13(20-25-17-7-6-15(22)12-18(17)26-20)24-21(28)14-5-8-19(16(23)11-14)27-9-3-2-4-10-27/h2-3,5-8,11-13H,4,9-10H2,1H3,(H,24,28)(H,25,26)/t13-/m0/s1. The summed E-state index contributed by atoms with van der Waals surface area (Å²) < 4.78 is 0. The van der Waals surface area contributed by atoms with Crippen LogP contribution in [0.1, 0.15) is 35.6 Å². The second-order valence-corrected chi connectivity index (χ2v) is 7.69. The Morgan fingerprint density at radius 3 is 2.82 bits per heavy atom. The Morgan fingerprint density at radius 1 is 1.21 bits per heavy atom. The number of hydrogen-bond donors (Lipinski definition) is 2. The van der Waals surface area contributed by atoms with Crippen molar-refractivity contribution >= 4 is 45.8 Å². The summed E-state index contributed by atoms with van der Waals surface area (Å²) in [6.07, 6.45) is 5.29. The van der Waals surface area contributed by atoms with Crippen LogP contribution in [0.3, 0.4) is 0 Å². The van der Waals surface area contributed by atoms with E-state index in [-0.39, 0.29) is 11.9 Å². The van der Waals surface area contributed by atoms with Crippen molar-refractivity contribution in [2.75, 3.05) is 18.0 Å². The fraction of sp³-hybridized carbons (Fsp3) is 0.238. The maximum atomic E-state index is 12.7. The Labute approximate surface area is 173 Å². The van der Waals surface area contributed by atoms with Crippen LogP contribution >= 0.6 is 23.2 Å². The van der Waals surface area contributed by atoms with Crippen molar-refractivity contribution in [1.82, 2.24) is 15.3 Å². The molecule has 1 atom stereocenters. The zero-order valence-corrected chi connectivity index (χ0v) is 16.9. The number of carbonyl (C=O) groups is 1. The van der Waals surface area contributed by atoms with E-state index in [1.807, 2.05) is 19.1 Å². The average molecular weight is 415 g/mol. The van der Waals surface area contributed by atoms with Crippen LogP contribution < -0.4 is 10.2 Å². The lowest BCUT2D eigenvalue weighted by atomic mass is 10.1. The number of aromatic amines is 1. The van der Waals surface area contributed by atoms with Crippen molar-refractivity contribution in [3.05, 3.63) is 70.0 Å². The molecule has 0 saturated carbocycles. The molecule has 0 unspecified atom stereocenters. The normalized spacial score (nSPS) is 15.0. The third kappa shape index (κ3) is 3.86. The molecule has 2 aromatic carbocycles. The molecule has 0 bridgehead atoms. The van der Waals surface area contributed by atoms with Crippen LogP contribution in [0.4, 0.5) is 5.69 Å². The highest BCUT2D eigenvalue weighted by molar-refractivity contribution is 6.33. The number of nitrogens with zero attached hydrogens (tertiary/aromatic N) is 2. The summed E-state index contributed by atoms with van der Waals surface area (Å²) in [6, 6.07) is 10.6. The highest BCUT2D eigenvalue weighted by Crippen LogP contribution is 2.28. The minimum atomic E-state index is -0.288. The van der Waals surface area contributed by atoms with E-state index in [1.54, 1.807) is 24.3 Å². The number of nitrogens with one attached hydrogen (secondary N) is 2. The molecule has 1 aliphatic heterocycles. The van der Waals surface area contributed by atoms with Crippen molar-refractivity contribution in [2.24, 2.45) is 0 Å². The Balaban J connectivity index is 1.49. The number of benzene rings is 2. The van der Waals surface area contributed by atoms with Gasteiger partial charge in [-0.3, -0.25) is 4.79 Å². The molecule has 5 nitrogen and oxygen atoms in total. The molecule has 4 rings (SSSR count). The van der Waals surface area contributed by atoms with E-state index in [0.717, 1.165) is 36.2 Å². The third-order valence-corrected chi connectivity index (χ3v) is 5.37. The second-order valence-electron chi connectivity index (χ2n) is 6.85. The number of hydrogen-bond acceptors (Lipinski definition) is 3. The van der Waals surface area contributed by atoms with Crippen LogP contribution in [0.15, 0.2) is 48.6 Å². The van der Waals surface area contributed by atoms with E-state index in [0.29, 0.717) is 21.4 Å². The van der Waals surface area contributed by atoms with Gasteiger partial charge in [0.15, 0.2) is 0 Å². The molecule has 2 heterocycles. The van der Waals surface area contributed by atoms with E-state index < -0.39 is 0 Å². The Bertz CT molecular complexity index is 1060. The summed E-state index contributed by atoms with van der Waals surface area (Å²) in [5, 5.41) is 4.17. The maximum absolute atomic E-state index is 12.7. The van der Waals surface area contributed by atoms with Crippen molar-refractivity contribution in [3.63, 3.8) is 0 Å². The molecule has 2 N–H and O–H groups in total. The number of halogens is 2. The number of carbonyl (C=O) groups excluding carboxylic acids is 1. The molecular weight excluding hydrogens is 395 g/mol. The van der Waals surface area contributed by atoms with E-state index in [1.165, 1.54) is 0 Å². The molecule has 144 valence electrons. The lowest BCUT2D eigenvalue weighted by molar-refractivity contribution is 0.0938. The Kier molecular flexibility index (Phi) is 5.29. The molecule has 1 aromatic heterocycles. The van der Waals surface area contributed by atoms with Crippen LogP contribution in [-0.2, 0) is 0 Å². The zero-order chi connectivity index (χ0) is 19.7. The molecule has 28 heavy (non-hydrogen) atoms. The van der Waals surface area contributed by atoms with Crippen molar-refractivity contribution in [2.45, 2.75) is 19.4 Å². The Morgan fingerprint density at radius 2 is 2.07 bits per heavy atom. The minimum Gasteiger partial charge on any atom is -0.366 e. The van der Waals surface area contributed by atoms with Gasteiger partial charge in [0.05, 0.1) is 27.8 Å². The monoisotopic (exact) mass is 414 g/mol. The van der Waals surface area contributed by atoms with Crippen LogP contribution in [0, 0.1) is 0 Å². The SMILES string of the molecule is C[C@H](NC(=O)c1ccc(N2CC=CCC2)c(Cl)c1)c1nc2cc(Cl)ccc2[nH]1. The summed E-state index contributed by atoms with van der Waals surface area (Å²) in [5.41, 5.74) is 3.12. The number of rotatable bonds is 4. The molecule has 1 amide bonds. The van der Waals surface area contributed by atoms with E-state index in [4.69, 9.17) is 23.2 Å². The maximum Gasteiger partial charge on any atom is 0.251 e. The fourth-order valence-corrected chi connectivity index (χ4v) is 3.78. The molecule has 0 saturated heterocycles. The number of aromatic nitrogens is 2. The highest BCUT2D eigenvalue weighted by Gasteiger charge is 2.17. The number of amides is 1. The quantitative estimate of drug-likeness (QED) is 0.581. The molecule has 7 heteroatoms. The average Bonchev–Trinajstić information content (AvgIpc) is 3.12. The molecule has 0 aliphatic carbocycles. The zero-order valence-electron chi connectivity index (χ0n) is 15.4. The predicted octanol–water partition coefficient (Wildman–Crippen LogP) is 5.13. The second kappa shape index (κ2) is 7.86. The molecular formula is C21H20Cl2N4O. The highest BCUT2D eigenvalue weighted by atomic mass is 35.5. The third-order valence-electron chi connectivity index (χ3n) is 4.83. The molecule has 3 aromatic rings. The summed E-state index contributed by atoms with van der Waals surface area (Å²) in [5.74, 6) is 0.478. The first kappa shape index (κ1) is 18.8. The minimum absolute atomic E-state index is 0.196. The summed E-state index contributed by atoms with van der Waals surface area (Å²) in [7, 11) is 0. The van der Waals surface area contributed by atoms with Gasteiger partial charge in [-0.2, -0.15) is 0 Å². The first-order valence-electron chi connectivity index (χ1n) is 9.17. The van der Waals surface area contributed by atoms with Gasteiger partial charge < -0.3 is 15.2 Å². The van der Waals surface area contributed by atoms with Crippen molar-refractivity contribution in [3.8, 4) is 0 Å². The van der Waals surface area contributed by atoms with Gasteiger partial charge in [0.25, 0.3) is 5.91 Å². The fourth-order valence-electron chi connectivity index (χ4n) is 3.32. The smallest absolute Gasteiger partial charge is 0.251 e. The molecule has 0 fully saturated rings. The van der Waals surface area contributed by atoms with Gasteiger partial charge in [0.1, 0.15) is 5.82 Å². The lowest BCUT2D eigenvalue weighted by Gasteiger charge is -2.26. The predicted molar refractivity (Wildman–Crippen MR) is 114 cm³/mol. The molecule has 0 spiro atoms. The van der Waals surface area contributed by atoms with Crippen LogP contribution in [0.5, 0.6) is 0 Å². The lowest BCUT2D eigenvalue weighted by Crippen LogP contribution is -2.28. The summed E-state index contributed by atoms with van der Waals surface area (Å²) in [6.45, 7) is 3.64. The summed E-state index contributed by atoms with van der Waals surface area (Å²) >= 11 is 12.5. The first-order chi connectivity index (χ1) is 13.5.